The summed E-state index contributed by atoms with van der Waals surface area (Å²) >= 11 is 0. The molecule has 0 aromatic heterocycles. The minimum absolute atomic E-state index is 0. The summed E-state index contributed by atoms with van der Waals surface area (Å²) in [5.41, 5.74) is 0. The van der Waals surface area contributed by atoms with Crippen molar-refractivity contribution in [2.75, 3.05) is 0 Å². The second-order valence-electron chi connectivity index (χ2n) is 0.810. The van der Waals surface area contributed by atoms with E-state index in [9.17, 15) is 0 Å². The van der Waals surface area contributed by atoms with Gasteiger partial charge in [0.25, 0.3) is 0 Å². The van der Waals surface area contributed by atoms with Crippen molar-refractivity contribution < 1.29 is 6.97 Å². The Morgan fingerprint density at radius 3 is 0.556 bits per heavy atom. The quantitative estimate of drug-likeness (QED) is 0.545. The van der Waals surface area contributed by atoms with Crippen LogP contribution in [0.25, 0.3) is 0 Å². The molecule has 0 spiro atoms. The Balaban J connectivity index is -0.000000180. The zero-order valence-corrected chi connectivity index (χ0v) is 11.9. The molecular weight excluding hydrogens is 427 g/mol. The smallest absolute Gasteiger partial charge is 0.369 e. The van der Waals surface area contributed by atoms with Gasteiger partial charge in [0.15, 0.2) is 0 Å². The molecule has 0 rings (SSSR count). The van der Waals surface area contributed by atoms with Crippen LogP contribution >= 0.6 is 57.2 Å². The summed E-state index contributed by atoms with van der Waals surface area (Å²) < 4.78 is 0. The molecule has 8 N–H and O–H groups in total. The topological polar surface area (TPSA) is 73.0 Å². The molecule has 0 radical (unpaired) electrons. The van der Waals surface area contributed by atoms with Crippen molar-refractivity contribution in [3.05, 3.63) is 0 Å². The van der Waals surface area contributed by atoms with Gasteiger partial charge in [0.1, 0.15) is 0 Å². The Labute approximate surface area is 75.6 Å². The first kappa shape index (κ1) is 17.4. The van der Waals surface area contributed by atoms with E-state index in [0.29, 0.717) is 0 Å². The maximum absolute atomic E-state index is 5.43. The van der Waals surface area contributed by atoms with Crippen LogP contribution in [-0.2, 0) is 6.97 Å². The normalized spacial score (nSPS) is 18.0. The maximum atomic E-state index is 5.06. The van der Waals surface area contributed by atoms with Crippen LogP contribution in [0.1, 0.15) is 0 Å². The fraction of sp³-hybridized carbons (Fsp3) is 0. The van der Waals surface area contributed by atoms with Crippen molar-refractivity contribution in [2.45, 2.75) is 0 Å². The molecule has 0 aliphatic carbocycles. The third-order valence-electron chi connectivity index (χ3n) is 0. The first-order chi connectivity index (χ1) is 2.45. The molecule has 0 aliphatic heterocycles. The Bertz CT molecular complexity index is 69.6. The van der Waals surface area contributed by atoms with Gasteiger partial charge in [0.05, 0.1) is 0 Å². The molecule has 0 bridgehead atoms. The average molecular weight is 435 g/mol. The van der Waals surface area contributed by atoms with E-state index in [-0.39, 0.29) is 12.3 Å². The van der Waals surface area contributed by atoms with Gasteiger partial charge in [0.2, 0.25) is 0 Å². The standard InChI is InChI=1S/6ClH.2H3N.Re/h6*1H;2*1H3;/q;;;;;;;;+4/p-4. The SMILES string of the molecule is [Cl][Re-2]([Cl])([Cl])([Cl])([Cl])[Cl].[NH4+].[NH4+]. The van der Waals surface area contributed by atoms with Gasteiger partial charge in [0, 0.05) is 0 Å². The molecule has 0 aliphatic rings. The average Bonchev–Trinajstić information content (AvgIpc) is 0.592. The molecule has 0 heterocycles. The molecule has 0 saturated carbocycles. The molecule has 2 nitrogen and oxygen atoms in total. The fourth-order valence-electron chi connectivity index (χ4n) is 0. The van der Waals surface area contributed by atoms with Crippen LogP contribution in [0.15, 0.2) is 0 Å². The van der Waals surface area contributed by atoms with Gasteiger partial charge in [-0.25, -0.2) is 0 Å². The Kier molecular flexibility index (Phi) is 5.79. The van der Waals surface area contributed by atoms with E-state index < -0.39 is 6.97 Å². The van der Waals surface area contributed by atoms with E-state index in [4.69, 9.17) is 57.2 Å². The number of rotatable bonds is 0. The van der Waals surface area contributed by atoms with Gasteiger partial charge in [-0.05, 0) is 0 Å². The van der Waals surface area contributed by atoms with E-state index in [2.05, 4.69) is 0 Å². The van der Waals surface area contributed by atoms with Crippen LogP contribution in [0.5, 0.6) is 0 Å². The van der Waals surface area contributed by atoms with Crippen molar-refractivity contribution in [3.8, 4) is 0 Å². The molecule has 0 aromatic carbocycles. The summed E-state index contributed by atoms with van der Waals surface area (Å²) in [6.45, 7) is -5.43. The molecule has 9 heteroatoms. The third kappa shape index (κ3) is 133. The fourth-order valence-corrected chi connectivity index (χ4v) is 0. The van der Waals surface area contributed by atoms with Crippen molar-refractivity contribution in [1.29, 1.82) is 0 Å². The van der Waals surface area contributed by atoms with Crippen LogP contribution in [0.4, 0.5) is 0 Å². The summed E-state index contributed by atoms with van der Waals surface area (Å²) in [5.74, 6) is 0. The minimum Gasteiger partial charge on any atom is -0.369 e. The number of hydrogen-bond acceptors (Lipinski definition) is 0. The van der Waals surface area contributed by atoms with Crippen LogP contribution in [0, 0.1) is 0 Å². The van der Waals surface area contributed by atoms with Crippen molar-refractivity contribution in [3.63, 3.8) is 0 Å². The van der Waals surface area contributed by atoms with Gasteiger partial charge >= 0.3 is 64.1 Å². The maximum Gasteiger partial charge on any atom is -0.369 e. The molecule has 0 fully saturated rings. The van der Waals surface area contributed by atoms with E-state index >= 15 is 0 Å². The van der Waals surface area contributed by atoms with E-state index in [1.807, 2.05) is 0 Å². The van der Waals surface area contributed by atoms with Gasteiger partial charge < -0.3 is 12.3 Å². The van der Waals surface area contributed by atoms with E-state index in [0.717, 1.165) is 0 Å². The second kappa shape index (κ2) is 2.99. The van der Waals surface area contributed by atoms with Gasteiger partial charge in [-0.1, -0.05) is 0 Å². The molecule has 0 unspecified atom stereocenters. The third-order valence-corrected chi connectivity index (χ3v) is 0. The zero-order valence-electron chi connectivity index (χ0n) is 4.65. The second-order valence-corrected chi connectivity index (χ2v) is 59.7. The Morgan fingerprint density at radius 2 is 0.556 bits per heavy atom. The number of hydrogen-bond donors (Lipinski definition) is 2. The van der Waals surface area contributed by atoms with E-state index in [1.165, 1.54) is 0 Å². The molecule has 0 aromatic rings. The molecule has 0 atom stereocenters. The van der Waals surface area contributed by atoms with E-state index in [1.54, 1.807) is 0 Å². The van der Waals surface area contributed by atoms with Crippen LogP contribution in [0.2, 0.25) is 0 Å². The summed E-state index contributed by atoms with van der Waals surface area (Å²) in [5, 5.41) is 0. The first-order valence-electron chi connectivity index (χ1n) is 0.857. The predicted molar refractivity (Wildman–Crippen MR) is 47.1 cm³/mol. The summed E-state index contributed by atoms with van der Waals surface area (Å²) in [6.07, 6.45) is 0. The first-order valence-corrected chi connectivity index (χ1v) is 21.0. The number of halogens is 6. The Hall–Kier alpha value is 2.32. The van der Waals surface area contributed by atoms with Gasteiger partial charge in [-0.15, -0.1) is 0 Å². The van der Waals surface area contributed by atoms with Gasteiger partial charge in [-0.3, -0.25) is 0 Å². The van der Waals surface area contributed by atoms with Gasteiger partial charge in [-0.2, -0.15) is 0 Å². The molecule has 9 heavy (non-hydrogen) atoms. The largest absolute Gasteiger partial charge is 0.369 e. The predicted octanol–water partition coefficient (Wildman–Crippen LogP) is 4.89. The monoisotopic (exact) mass is 433 g/mol. The summed E-state index contributed by atoms with van der Waals surface area (Å²) in [4.78, 5) is 0. The molecule has 0 amide bonds. The van der Waals surface area contributed by atoms with Crippen molar-refractivity contribution in [2.24, 2.45) is 0 Å². The summed E-state index contributed by atoms with van der Waals surface area (Å²) in [7, 11) is 30.4. The van der Waals surface area contributed by atoms with Crippen molar-refractivity contribution in [1.82, 2.24) is 12.3 Å². The minimum atomic E-state index is -5.43. The molecule has 67 valence electrons. The molecular formula is H8Cl6N2Re. The van der Waals surface area contributed by atoms with Crippen molar-refractivity contribution >= 4 is 57.2 Å². The molecule has 0 saturated heterocycles. The van der Waals surface area contributed by atoms with Crippen LogP contribution in [-0.4, -0.2) is 0 Å². The number of quaternary nitrogens is 2. The van der Waals surface area contributed by atoms with Crippen LogP contribution < -0.4 is 12.3 Å². The zero-order chi connectivity index (χ0) is 6.41. The Morgan fingerprint density at radius 1 is 0.556 bits per heavy atom. The van der Waals surface area contributed by atoms with Crippen LogP contribution in [0.3, 0.4) is 0 Å². The summed E-state index contributed by atoms with van der Waals surface area (Å²) in [6, 6.07) is 0.